The average Bonchev–Trinajstić information content (AvgIpc) is 2.80. The van der Waals surface area contributed by atoms with Crippen molar-refractivity contribution < 1.29 is 0 Å². The Balaban J connectivity index is 1.67. The van der Waals surface area contributed by atoms with Crippen LogP contribution in [0.4, 0.5) is 5.69 Å². The third kappa shape index (κ3) is 5.58. The Morgan fingerprint density at radius 3 is 2.41 bits per heavy atom. The molecule has 4 nitrogen and oxygen atoms in total. The van der Waals surface area contributed by atoms with E-state index >= 15 is 0 Å². The van der Waals surface area contributed by atoms with Gasteiger partial charge in [0, 0.05) is 20.5 Å². The number of hydrogen-bond donors (Lipinski definition) is 1. The first-order valence-corrected chi connectivity index (χ1v) is 11.6. The lowest BCUT2D eigenvalue weighted by molar-refractivity contribution is 1.02. The average molecular weight is 548 g/mol. The minimum absolute atomic E-state index is 0.547. The zero-order valence-electron chi connectivity index (χ0n) is 17.3. The molecule has 0 spiro atoms. The zero-order valence-corrected chi connectivity index (χ0v) is 20.5. The van der Waals surface area contributed by atoms with Gasteiger partial charge in [0.25, 0.3) is 0 Å². The quantitative estimate of drug-likeness (QED) is 0.160. The molecule has 0 amide bonds. The lowest BCUT2D eigenvalue weighted by Gasteiger charge is -2.09. The van der Waals surface area contributed by atoms with Crippen LogP contribution < -0.4 is 5.43 Å². The summed E-state index contributed by atoms with van der Waals surface area (Å²) in [5.74, 6) is 0.547. The zero-order chi connectivity index (χ0) is 22.3. The molecule has 158 valence electrons. The molecule has 1 N–H and O–H groups in total. The fraction of sp³-hybridized carbons (Fsp3) is 0.0385. The maximum atomic E-state index is 4.84. The van der Waals surface area contributed by atoms with E-state index in [2.05, 4.69) is 42.4 Å². The summed E-state index contributed by atoms with van der Waals surface area (Å²) in [5, 5.41) is 5.42. The summed E-state index contributed by atoms with van der Waals surface area (Å²) in [4.78, 5) is 9.62. The van der Waals surface area contributed by atoms with Crippen LogP contribution in [0.1, 0.15) is 16.8 Å². The normalized spacial score (nSPS) is 12.2. The molecule has 3 aromatic carbocycles. The van der Waals surface area contributed by atoms with Gasteiger partial charge in [0.2, 0.25) is 0 Å². The van der Waals surface area contributed by atoms with Gasteiger partial charge in [-0.25, -0.2) is 9.98 Å². The highest BCUT2D eigenvalue weighted by Crippen LogP contribution is 2.35. The molecule has 4 rings (SSSR count). The number of allylic oxidation sites excluding steroid dienone is 1. The van der Waals surface area contributed by atoms with Gasteiger partial charge in [-0.05, 0) is 80.3 Å². The summed E-state index contributed by atoms with van der Waals surface area (Å²) in [7, 11) is 0. The van der Waals surface area contributed by atoms with Crippen LogP contribution in [0.5, 0.6) is 0 Å². The number of para-hydroxylation sites is 1. The number of amidine groups is 1. The van der Waals surface area contributed by atoms with E-state index in [-0.39, 0.29) is 0 Å². The lowest BCUT2D eigenvalue weighted by Crippen LogP contribution is -2.20. The number of halogens is 2. The topological polar surface area (TPSA) is 49.6 Å². The molecule has 0 atom stereocenters. The Labute approximate surface area is 204 Å². The number of nitrogens with zero attached hydrogens (tertiary/aromatic N) is 3. The van der Waals surface area contributed by atoms with Crippen molar-refractivity contribution in [2.24, 2.45) is 10.1 Å². The minimum Gasteiger partial charge on any atom is -0.260 e. The number of fused-ring (bicyclic) bond motifs is 1. The molecule has 0 unspecified atom stereocenters. The summed E-state index contributed by atoms with van der Waals surface area (Å²) in [6, 6.07) is 26.1. The Morgan fingerprint density at radius 1 is 0.906 bits per heavy atom. The van der Waals surface area contributed by atoms with Gasteiger partial charge >= 0.3 is 0 Å². The van der Waals surface area contributed by atoms with Crippen LogP contribution in [0.2, 0.25) is 0 Å². The van der Waals surface area contributed by atoms with Gasteiger partial charge in [0.05, 0.1) is 11.2 Å². The third-order valence-corrected chi connectivity index (χ3v) is 5.85. The Kier molecular flexibility index (Phi) is 7.24. The second-order valence-electron chi connectivity index (χ2n) is 7.09. The Morgan fingerprint density at radius 2 is 1.62 bits per heavy atom. The maximum absolute atomic E-state index is 4.84. The van der Waals surface area contributed by atoms with Crippen LogP contribution in [-0.4, -0.2) is 17.0 Å². The standard InChI is InChI=1S/C26H20Br2N4/c1-18-16-21(27)25(22(28)17-18)31-26(24-14-13-20-11-5-6-12-23(20)30-24)32-29-15-7-10-19-8-3-2-4-9-19/h2-17H,1H3,(H,31,32). The van der Waals surface area contributed by atoms with E-state index in [0.29, 0.717) is 11.5 Å². The van der Waals surface area contributed by atoms with E-state index in [1.165, 1.54) is 0 Å². The van der Waals surface area contributed by atoms with E-state index in [4.69, 9.17) is 9.98 Å². The van der Waals surface area contributed by atoms with Crippen LogP contribution >= 0.6 is 31.9 Å². The van der Waals surface area contributed by atoms with Crippen LogP contribution in [-0.2, 0) is 0 Å². The van der Waals surface area contributed by atoms with E-state index in [1.807, 2.05) is 97.9 Å². The highest BCUT2D eigenvalue weighted by Gasteiger charge is 2.11. The van der Waals surface area contributed by atoms with Crippen molar-refractivity contribution >= 4 is 66.6 Å². The molecule has 0 radical (unpaired) electrons. The molecule has 1 aromatic heterocycles. The van der Waals surface area contributed by atoms with E-state index in [0.717, 1.165) is 36.7 Å². The minimum atomic E-state index is 0.547. The van der Waals surface area contributed by atoms with Crippen molar-refractivity contribution in [3.05, 3.63) is 111 Å². The SMILES string of the molecule is Cc1cc(Br)c(N=C(NN=CC=Cc2ccccc2)c2ccc3ccccc3n2)c(Br)c1. The number of aryl methyl sites for hydroxylation is 1. The molecule has 0 aliphatic heterocycles. The third-order valence-electron chi connectivity index (χ3n) is 4.65. The van der Waals surface area contributed by atoms with Crippen molar-refractivity contribution in [2.45, 2.75) is 6.92 Å². The molecule has 0 bridgehead atoms. The summed E-state index contributed by atoms with van der Waals surface area (Å²) < 4.78 is 1.77. The van der Waals surface area contributed by atoms with Gasteiger partial charge in [0.15, 0.2) is 5.84 Å². The highest BCUT2D eigenvalue weighted by molar-refractivity contribution is 9.11. The molecule has 0 aliphatic rings. The van der Waals surface area contributed by atoms with Gasteiger partial charge in [0.1, 0.15) is 5.69 Å². The fourth-order valence-electron chi connectivity index (χ4n) is 3.11. The summed E-state index contributed by atoms with van der Waals surface area (Å²) in [6.45, 7) is 2.04. The summed E-state index contributed by atoms with van der Waals surface area (Å²) >= 11 is 7.25. The molecule has 6 heteroatoms. The number of nitrogens with one attached hydrogen (secondary N) is 1. The van der Waals surface area contributed by atoms with Crippen molar-refractivity contribution in [3.8, 4) is 0 Å². The predicted molar refractivity (Wildman–Crippen MR) is 142 cm³/mol. The van der Waals surface area contributed by atoms with Crippen molar-refractivity contribution in [1.82, 2.24) is 10.4 Å². The van der Waals surface area contributed by atoms with E-state index in [1.54, 1.807) is 6.21 Å². The number of aromatic nitrogens is 1. The Bertz CT molecular complexity index is 1310. The Hall–Kier alpha value is -3.09. The van der Waals surface area contributed by atoms with E-state index in [9.17, 15) is 0 Å². The number of aliphatic imine (C=N–C) groups is 1. The molecule has 0 aliphatic carbocycles. The highest BCUT2D eigenvalue weighted by atomic mass is 79.9. The van der Waals surface area contributed by atoms with Gasteiger partial charge in [-0.15, -0.1) is 0 Å². The van der Waals surface area contributed by atoms with Crippen LogP contribution in [0.3, 0.4) is 0 Å². The molecule has 0 fully saturated rings. The first kappa shape index (κ1) is 22.1. The lowest BCUT2D eigenvalue weighted by atomic mass is 10.2. The molecular weight excluding hydrogens is 528 g/mol. The van der Waals surface area contributed by atoms with Gasteiger partial charge in [-0.3, -0.25) is 5.43 Å². The van der Waals surface area contributed by atoms with Gasteiger partial charge in [-0.2, -0.15) is 5.10 Å². The monoisotopic (exact) mass is 546 g/mol. The predicted octanol–water partition coefficient (Wildman–Crippen LogP) is 7.44. The number of hydrazone groups is 1. The maximum Gasteiger partial charge on any atom is 0.173 e. The molecule has 32 heavy (non-hydrogen) atoms. The number of pyridine rings is 1. The van der Waals surface area contributed by atoms with Crippen LogP contribution in [0.25, 0.3) is 17.0 Å². The molecule has 1 heterocycles. The number of hydrogen-bond acceptors (Lipinski definition) is 3. The largest absolute Gasteiger partial charge is 0.260 e. The first-order valence-electron chi connectivity index (χ1n) is 10.0. The van der Waals surface area contributed by atoms with Gasteiger partial charge < -0.3 is 0 Å². The van der Waals surface area contributed by atoms with Crippen molar-refractivity contribution in [1.29, 1.82) is 0 Å². The second-order valence-corrected chi connectivity index (χ2v) is 8.80. The van der Waals surface area contributed by atoms with Gasteiger partial charge in [-0.1, -0.05) is 60.7 Å². The smallest absolute Gasteiger partial charge is 0.173 e. The van der Waals surface area contributed by atoms with Crippen LogP contribution in [0, 0.1) is 6.92 Å². The van der Waals surface area contributed by atoms with Crippen molar-refractivity contribution in [2.75, 3.05) is 0 Å². The summed E-state index contributed by atoms with van der Waals surface area (Å²) in [5.41, 5.74) is 7.67. The second kappa shape index (κ2) is 10.5. The fourth-order valence-corrected chi connectivity index (χ4v) is 4.70. The van der Waals surface area contributed by atoms with Crippen LogP contribution in [0.15, 0.2) is 104 Å². The molecule has 4 aromatic rings. The number of benzene rings is 3. The number of rotatable bonds is 5. The first-order chi connectivity index (χ1) is 15.6. The van der Waals surface area contributed by atoms with Crippen molar-refractivity contribution in [3.63, 3.8) is 0 Å². The van der Waals surface area contributed by atoms with E-state index < -0.39 is 0 Å². The molecular formula is C26H20Br2N4. The molecule has 0 saturated heterocycles. The molecule has 0 saturated carbocycles. The summed E-state index contributed by atoms with van der Waals surface area (Å²) in [6.07, 6.45) is 5.57.